The third-order valence-corrected chi connectivity index (χ3v) is 14.2. The summed E-state index contributed by atoms with van der Waals surface area (Å²) in [5, 5.41) is 55.0. The van der Waals surface area contributed by atoms with Crippen molar-refractivity contribution < 1.29 is 34.4 Å². The number of nitrogens with two attached hydrogens (primary N) is 1. The normalized spacial score (nSPS) is 23.2. The molecular formula is C50H52N10O9. The minimum Gasteiger partial charge on any atom is -0.490 e. The van der Waals surface area contributed by atoms with Crippen LogP contribution in [-0.2, 0) is 0 Å². The Morgan fingerprint density at radius 3 is 1.57 bits per heavy atom. The van der Waals surface area contributed by atoms with E-state index in [1.807, 2.05) is 48.5 Å². The molecule has 0 bridgehead atoms. The van der Waals surface area contributed by atoms with Crippen molar-refractivity contribution in [1.82, 2.24) is 44.9 Å². The zero-order chi connectivity index (χ0) is 47.9. The smallest absolute Gasteiger partial charge is 0.339 e. The lowest BCUT2D eigenvalue weighted by atomic mass is 9.49. The number of aromatic carboxylic acids is 1. The van der Waals surface area contributed by atoms with E-state index in [0.29, 0.717) is 56.8 Å². The number of amides is 1. The first kappa shape index (κ1) is 45.3. The van der Waals surface area contributed by atoms with Gasteiger partial charge in [-0.2, -0.15) is 20.4 Å². The largest absolute Gasteiger partial charge is 0.490 e. The summed E-state index contributed by atoms with van der Waals surface area (Å²) < 4.78 is 13.6. The number of nitrogens with zero attached hydrogens (tertiary/aromatic N) is 6. The molecule has 19 nitrogen and oxygen atoms in total. The highest BCUT2D eigenvalue weighted by Crippen LogP contribution is 2.63. The molecule has 6 heterocycles. The molecule has 4 aliphatic rings. The molecule has 4 saturated carbocycles. The minimum atomic E-state index is -1.01. The summed E-state index contributed by atoms with van der Waals surface area (Å²) in [4.78, 5) is 47.5. The Kier molecular flexibility index (Phi) is 12.2. The van der Waals surface area contributed by atoms with E-state index >= 15 is 0 Å². The molecule has 0 aliphatic heterocycles. The SMILES string of the molecule is NC1CC2(C1)CC(c1n[nH]c(=O)c3ccccc13)C2.O=C(NC1CC2(C1)CC(c1n[nH]c(=O)c3ccccc13)C2)c1cnn2cc(OCCO)ccc12.O=C(O)c1cnn2cc(OCCO)ccc12. The lowest BCUT2D eigenvalue weighted by molar-refractivity contribution is -0.0196. The molecule has 69 heavy (non-hydrogen) atoms. The number of nitrogens with one attached hydrogen (secondary N) is 3. The zero-order valence-electron chi connectivity index (χ0n) is 37.6. The van der Waals surface area contributed by atoms with E-state index in [4.69, 9.17) is 30.5 Å². The number of H-pyrrole nitrogens is 2. The number of aliphatic hydroxyl groups excluding tert-OH is 2. The average Bonchev–Trinajstić information content (AvgIpc) is 3.95. The van der Waals surface area contributed by atoms with Gasteiger partial charge in [0.1, 0.15) is 30.3 Å². The number of carboxylic acid groups (broad SMARTS) is 1. The fourth-order valence-corrected chi connectivity index (χ4v) is 11.1. The maximum absolute atomic E-state index is 12.9. The van der Waals surface area contributed by atoms with E-state index in [2.05, 4.69) is 35.9 Å². The Hall–Kier alpha value is -7.48. The first-order chi connectivity index (χ1) is 33.4. The van der Waals surface area contributed by atoms with Gasteiger partial charge in [-0.3, -0.25) is 14.4 Å². The molecule has 2 spiro atoms. The van der Waals surface area contributed by atoms with Crippen molar-refractivity contribution >= 4 is 44.5 Å². The standard InChI is InChI=1S/C25H25N5O4.C15H17N3O.C10H10N2O4/c31-7-8-34-17-5-6-21-20(13-26-30(21)14-17)23(32)27-16-11-25(12-16)9-15(10-25)22-18-3-1-2-4-19(18)24(33)29-28-22;16-10-7-15(8-10)5-9(6-15)13-11-3-1-2-4-12(11)14(19)18-17-13;13-3-4-16-7-1-2-9-8(10(14)15)5-11-12(9)6-7/h1-6,13-16,31H,7-12H2,(H,27,32)(H,29,33);1-4,9-10H,5-8,16H2,(H,18,19);1-2,5-6,13H,3-4H2,(H,14,15). The fourth-order valence-electron chi connectivity index (χ4n) is 11.1. The minimum absolute atomic E-state index is 0.0631. The van der Waals surface area contributed by atoms with E-state index in [1.54, 1.807) is 47.4 Å². The molecule has 4 fully saturated rings. The Morgan fingerprint density at radius 2 is 1.10 bits per heavy atom. The molecule has 8 aromatic rings. The molecule has 12 rings (SSSR count). The predicted octanol–water partition coefficient (Wildman–Crippen LogP) is 4.71. The van der Waals surface area contributed by atoms with Crippen molar-refractivity contribution in [2.45, 2.75) is 75.3 Å². The first-order valence-corrected chi connectivity index (χ1v) is 23.1. The van der Waals surface area contributed by atoms with E-state index in [-0.39, 0.29) is 60.5 Å². The second-order valence-corrected chi connectivity index (χ2v) is 18.9. The van der Waals surface area contributed by atoms with E-state index in [9.17, 15) is 19.2 Å². The fraction of sp³-hybridized carbons (Fsp3) is 0.360. The van der Waals surface area contributed by atoms with Crippen molar-refractivity contribution in [3.8, 4) is 11.5 Å². The van der Waals surface area contributed by atoms with Crippen LogP contribution in [0.1, 0.15) is 95.3 Å². The van der Waals surface area contributed by atoms with Crippen LogP contribution in [0, 0.1) is 10.8 Å². The molecule has 4 aliphatic carbocycles. The molecule has 0 saturated heterocycles. The van der Waals surface area contributed by atoms with Gasteiger partial charge in [-0.1, -0.05) is 36.4 Å². The summed E-state index contributed by atoms with van der Waals surface area (Å²) in [7, 11) is 0. The number of carbonyl (C=O) groups is 2. The van der Waals surface area contributed by atoms with Gasteiger partial charge in [0, 0.05) is 34.7 Å². The number of aromatic nitrogens is 8. The van der Waals surface area contributed by atoms with Gasteiger partial charge in [0.2, 0.25) is 0 Å². The lowest BCUT2D eigenvalue weighted by Gasteiger charge is -2.57. The quantitative estimate of drug-likeness (QED) is 0.0926. The number of benzene rings is 2. The summed E-state index contributed by atoms with van der Waals surface area (Å²) in [6.45, 7) is 0.265. The molecule has 356 valence electrons. The molecular weight excluding hydrogens is 885 g/mol. The highest BCUT2D eigenvalue weighted by atomic mass is 16.5. The second kappa shape index (κ2) is 18.5. The lowest BCUT2D eigenvalue weighted by Crippen LogP contribution is -2.55. The van der Waals surface area contributed by atoms with Crippen LogP contribution in [0.5, 0.6) is 11.5 Å². The van der Waals surface area contributed by atoms with Crippen molar-refractivity contribution in [3.63, 3.8) is 0 Å². The van der Waals surface area contributed by atoms with Gasteiger partial charge < -0.3 is 35.8 Å². The topological polar surface area (TPSA) is 277 Å². The maximum atomic E-state index is 12.9. The number of hydrogen-bond acceptors (Lipinski definition) is 13. The number of hydrogen-bond donors (Lipinski definition) is 7. The van der Waals surface area contributed by atoms with Gasteiger partial charge in [0.25, 0.3) is 17.0 Å². The number of aliphatic hydroxyl groups is 2. The van der Waals surface area contributed by atoms with E-state index in [0.717, 1.165) is 66.1 Å². The number of carboxylic acids is 1. The molecule has 6 aromatic heterocycles. The Labute approximate surface area is 393 Å². The van der Waals surface area contributed by atoms with Gasteiger partial charge in [-0.05, 0) is 98.6 Å². The summed E-state index contributed by atoms with van der Waals surface area (Å²) in [5.41, 5.74) is 10.3. The summed E-state index contributed by atoms with van der Waals surface area (Å²) >= 11 is 0. The molecule has 0 radical (unpaired) electrons. The van der Waals surface area contributed by atoms with Gasteiger partial charge >= 0.3 is 5.97 Å². The zero-order valence-corrected chi connectivity index (χ0v) is 37.6. The van der Waals surface area contributed by atoms with Crippen molar-refractivity contribution in [1.29, 1.82) is 0 Å². The van der Waals surface area contributed by atoms with Crippen molar-refractivity contribution in [2.75, 3.05) is 26.4 Å². The van der Waals surface area contributed by atoms with Crippen LogP contribution >= 0.6 is 0 Å². The monoisotopic (exact) mass is 936 g/mol. The van der Waals surface area contributed by atoms with Crippen molar-refractivity contribution in [2.24, 2.45) is 16.6 Å². The third kappa shape index (κ3) is 8.91. The van der Waals surface area contributed by atoms with E-state index in [1.165, 1.54) is 23.6 Å². The summed E-state index contributed by atoms with van der Waals surface area (Å²) in [5.74, 6) is 0.792. The molecule has 0 atom stereocenters. The Morgan fingerprint density at radius 1 is 0.652 bits per heavy atom. The first-order valence-electron chi connectivity index (χ1n) is 23.1. The van der Waals surface area contributed by atoms with Crippen LogP contribution in [0.3, 0.4) is 0 Å². The molecule has 2 aromatic carbocycles. The van der Waals surface area contributed by atoms with Crippen molar-refractivity contribution in [3.05, 3.63) is 141 Å². The molecule has 1 amide bonds. The maximum Gasteiger partial charge on any atom is 0.339 e. The Balaban J connectivity index is 0.000000133. The van der Waals surface area contributed by atoms with Crippen LogP contribution in [0.2, 0.25) is 0 Å². The van der Waals surface area contributed by atoms with Crippen LogP contribution in [0.25, 0.3) is 32.6 Å². The average molecular weight is 937 g/mol. The van der Waals surface area contributed by atoms with Gasteiger partial charge in [-0.15, -0.1) is 0 Å². The van der Waals surface area contributed by atoms with Gasteiger partial charge in [0.05, 0.1) is 76.8 Å². The number of aromatic amines is 2. The van der Waals surface area contributed by atoms with Crippen LogP contribution in [0.15, 0.2) is 107 Å². The number of fused-ring (bicyclic) bond motifs is 4. The number of pyridine rings is 2. The number of ether oxygens (including phenoxy) is 2. The molecule has 19 heteroatoms. The second-order valence-electron chi connectivity index (χ2n) is 18.9. The molecule has 0 unspecified atom stereocenters. The van der Waals surface area contributed by atoms with Gasteiger partial charge in [-0.25, -0.2) is 24.0 Å². The number of carbonyl (C=O) groups excluding carboxylic acids is 1. The third-order valence-electron chi connectivity index (χ3n) is 14.2. The summed E-state index contributed by atoms with van der Waals surface area (Å²) in [6.07, 6.45) is 14.7. The summed E-state index contributed by atoms with van der Waals surface area (Å²) in [6, 6.07) is 22.7. The molecule has 8 N–H and O–H groups in total. The predicted molar refractivity (Wildman–Crippen MR) is 254 cm³/mol. The highest BCUT2D eigenvalue weighted by molar-refractivity contribution is 6.01. The van der Waals surface area contributed by atoms with Crippen LogP contribution in [0.4, 0.5) is 0 Å². The van der Waals surface area contributed by atoms with Crippen LogP contribution in [-0.4, -0.2) is 105 Å². The van der Waals surface area contributed by atoms with Gasteiger partial charge in [0.15, 0.2) is 0 Å². The van der Waals surface area contributed by atoms with E-state index < -0.39 is 5.97 Å². The van der Waals surface area contributed by atoms with Crippen LogP contribution < -0.4 is 31.6 Å². The Bertz CT molecular complexity index is 3320. The highest BCUT2D eigenvalue weighted by Gasteiger charge is 2.54. The number of rotatable bonds is 11.